The molecule has 7 nitrogen and oxygen atoms in total. The lowest BCUT2D eigenvalue weighted by atomic mass is 10.0. The van der Waals surface area contributed by atoms with Gasteiger partial charge in [0.05, 0.1) is 17.5 Å². The van der Waals surface area contributed by atoms with Crippen LogP contribution in [0, 0.1) is 0 Å². The van der Waals surface area contributed by atoms with Crippen molar-refractivity contribution in [2.24, 2.45) is 0 Å². The minimum Gasteiger partial charge on any atom is -0.493 e. The molecule has 128 valence electrons. The SMILES string of the molecule is O=C(Cn1c(-c2cccs2)noc1=O)N[C@H]1CCOc2ccccc21. The standard InChI is InChI=1S/C17H15N3O4S/c21-15(18-12-7-8-23-13-5-2-1-4-11(12)13)10-20-16(19-24-17(20)22)14-6-3-9-25-14/h1-6,9,12H,7-8,10H2,(H,18,21)/t12-/m0/s1. The van der Waals surface area contributed by atoms with Gasteiger partial charge in [0.15, 0.2) is 5.82 Å². The number of nitrogens with one attached hydrogen (secondary N) is 1. The van der Waals surface area contributed by atoms with E-state index in [-0.39, 0.29) is 18.5 Å². The van der Waals surface area contributed by atoms with Gasteiger partial charge in [-0.05, 0) is 17.5 Å². The van der Waals surface area contributed by atoms with Crippen molar-refractivity contribution in [3.05, 3.63) is 57.9 Å². The van der Waals surface area contributed by atoms with Gasteiger partial charge in [0.25, 0.3) is 0 Å². The van der Waals surface area contributed by atoms with Crippen molar-refractivity contribution in [2.45, 2.75) is 19.0 Å². The summed E-state index contributed by atoms with van der Waals surface area (Å²) in [6.45, 7) is 0.394. The summed E-state index contributed by atoms with van der Waals surface area (Å²) in [4.78, 5) is 25.2. The van der Waals surface area contributed by atoms with Crippen LogP contribution < -0.4 is 15.8 Å². The normalized spacial score (nSPS) is 16.1. The maximum absolute atomic E-state index is 12.5. The highest BCUT2D eigenvalue weighted by molar-refractivity contribution is 7.13. The molecular weight excluding hydrogens is 342 g/mol. The van der Waals surface area contributed by atoms with Crippen molar-refractivity contribution in [1.82, 2.24) is 15.0 Å². The minimum atomic E-state index is -0.647. The van der Waals surface area contributed by atoms with Crippen LogP contribution >= 0.6 is 11.3 Å². The van der Waals surface area contributed by atoms with Gasteiger partial charge in [-0.15, -0.1) is 11.3 Å². The van der Waals surface area contributed by atoms with Crippen LogP contribution in [0.5, 0.6) is 5.75 Å². The van der Waals surface area contributed by atoms with Crippen LogP contribution in [-0.2, 0) is 11.3 Å². The molecule has 3 aromatic rings. The first-order chi connectivity index (χ1) is 12.2. The Labute approximate surface area is 146 Å². The molecule has 0 saturated carbocycles. The summed E-state index contributed by atoms with van der Waals surface area (Å²) in [6, 6.07) is 11.2. The molecule has 3 heterocycles. The van der Waals surface area contributed by atoms with Gasteiger partial charge >= 0.3 is 5.76 Å². The largest absolute Gasteiger partial charge is 0.493 e. The highest BCUT2D eigenvalue weighted by Gasteiger charge is 2.24. The first-order valence-corrected chi connectivity index (χ1v) is 8.72. The number of para-hydroxylation sites is 1. The number of amides is 1. The number of rotatable bonds is 4. The first-order valence-electron chi connectivity index (χ1n) is 7.84. The number of hydrogen-bond donors (Lipinski definition) is 1. The van der Waals surface area contributed by atoms with Gasteiger partial charge in [-0.25, -0.2) is 9.36 Å². The smallest absolute Gasteiger partial charge is 0.442 e. The molecule has 2 aromatic heterocycles. The molecule has 0 radical (unpaired) electrons. The zero-order valence-electron chi connectivity index (χ0n) is 13.2. The molecule has 0 aliphatic carbocycles. The van der Waals surface area contributed by atoms with Crippen molar-refractivity contribution in [3.8, 4) is 16.5 Å². The van der Waals surface area contributed by atoms with Gasteiger partial charge in [0, 0.05) is 12.0 Å². The molecule has 0 saturated heterocycles. The van der Waals surface area contributed by atoms with Crippen LogP contribution in [0.3, 0.4) is 0 Å². The Morgan fingerprint density at radius 2 is 2.20 bits per heavy atom. The van der Waals surface area contributed by atoms with Gasteiger partial charge < -0.3 is 10.1 Å². The Balaban J connectivity index is 1.53. The molecule has 1 aliphatic rings. The monoisotopic (exact) mass is 357 g/mol. The second-order valence-corrected chi connectivity index (χ2v) is 6.58. The van der Waals surface area contributed by atoms with E-state index < -0.39 is 5.76 Å². The molecule has 1 aromatic carbocycles. The summed E-state index contributed by atoms with van der Waals surface area (Å²) in [5.41, 5.74) is 0.943. The number of benzene rings is 1. The van der Waals surface area contributed by atoms with Crippen LogP contribution in [0.2, 0.25) is 0 Å². The van der Waals surface area contributed by atoms with E-state index in [2.05, 4.69) is 10.5 Å². The van der Waals surface area contributed by atoms with Crippen molar-refractivity contribution in [3.63, 3.8) is 0 Å². The van der Waals surface area contributed by atoms with Crippen LogP contribution in [0.4, 0.5) is 0 Å². The Morgan fingerprint density at radius 1 is 1.32 bits per heavy atom. The Hall–Kier alpha value is -2.87. The molecule has 0 bridgehead atoms. The Bertz CT molecular complexity index is 945. The van der Waals surface area contributed by atoms with Gasteiger partial charge in [-0.1, -0.05) is 29.4 Å². The molecule has 0 fully saturated rings. The molecule has 1 atom stereocenters. The summed E-state index contributed by atoms with van der Waals surface area (Å²) in [5, 5.41) is 8.62. The van der Waals surface area contributed by atoms with Crippen LogP contribution in [-0.4, -0.2) is 22.2 Å². The van der Waals surface area contributed by atoms with Gasteiger partial charge in [-0.2, -0.15) is 0 Å². The second kappa shape index (κ2) is 6.56. The topological polar surface area (TPSA) is 86.4 Å². The van der Waals surface area contributed by atoms with Gasteiger partial charge in [0.1, 0.15) is 12.3 Å². The lowest BCUT2D eigenvalue weighted by Crippen LogP contribution is -2.36. The number of aromatic nitrogens is 2. The number of nitrogens with zero attached hydrogens (tertiary/aromatic N) is 2. The zero-order valence-corrected chi connectivity index (χ0v) is 14.0. The van der Waals surface area contributed by atoms with E-state index in [0.29, 0.717) is 18.9 Å². The van der Waals surface area contributed by atoms with E-state index in [0.717, 1.165) is 16.2 Å². The van der Waals surface area contributed by atoms with E-state index in [1.807, 2.05) is 41.8 Å². The average Bonchev–Trinajstić information content (AvgIpc) is 3.26. The fraction of sp³-hybridized carbons (Fsp3) is 0.235. The van der Waals surface area contributed by atoms with Crippen LogP contribution in [0.15, 0.2) is 51.1 Å². The molecule has 0 unspecified atom stereocenters. The fourth-order valence-electron chi connectivity index (χ4n) is 2.87. The third-order valence-corrected chi connectivity index (χ3v) is 4.89. The zero-order chi connectivity index (χ0) is 17.2. The second-order valence-electron chi connectivity index (χ2n) is 5.63. The lowest BCUT2D eigenvalue weighted by molar-refractivity contribution is -0.122. The van der Waals surface area contributed by atoms with E-state index in [9.17, 15) is 9.59 Å². The number of thiophene rings is 1. The predicted octanol–water partition coefficient (Wildman–Crippen LogP) is 2.20. The molecule has 8 heteroatoms. The van der Waals surface area contributed by atoms with Crippen LogP contribution in [0.25, 0.3) is 10.7 Å². The molecule has 1 aliphatic heterocycles. The predicted molar refractivity (Wildman–Crippen MR) is 91.5 cm³/mol. The molecular formula is C17H15N3O4S. The molecule has 25 heavy (non-hydrogen) atoms. The maximum Gasteiger partial charge on any atom is 0.442 e. The van der Waals surface area contributed by atoms with Gasteiger partial charge in [-0.3, -0.25) is 9.32 Å². The Kier molecular flexibility index (Phi) is 4.10. The van der Waals surface area contributed by atoms with E-state index in [1.54, 1.807) is 0 Å². The van der Waals surface area contributed by atoms with Gasteiger partial charge in [0.2, 0.25) is 5.91 Å². The summed E-state index contributed by atoms with van der Waals surface area (Å²) >= 11 is 1.43. The van der Waals surface area contributed by atoms with E-state index in [4.69, 9.17) is 9.26 Å². The molecule has 0 spiro atoms. The number of carbonyl (C=O) groups is 1. The summed E-state index contributed by atoms with van der Waals surface area (Å²) in [5.74, 6) is 0.221. The number of carbonyl (C=O) groups excluding carboxylic acids is 1. The third kappa shape index (κ3) is 3.08. The first kappa shape index (κ1) is 15.6. The van der Waals surface area contributed by atoms with Crippen molar-refractivity contribution in [1.29, 1.82) is 0 Å². The van der Waals surface area contributed by atoms with E-state index in [1.165, 1.54) is 15.9 Å². The molecule has 1 N–H and O–H groups in total. The quantitative estimate of drug-likeness (QED) is 0.774. The summed E-state index contributed by atoms with van der Waals surface area (Å²) in [6.07, 6.45) is 0.680. The van der Waals surface area contributed by atoms with Crippen molar-refractivity contribution in [2.75, 3.05) is 6.61 Å². The van der Waals surface area contributed by atoms with Crippen LogP contribution in [0.1, 0.15) is 18.0 Å². The number of hydrogen-bond acceptors (Lipinski definition) is 6. The molecule has 4 rings (SSSR count). The lowest BCUT2D eigenvalue weighted by Gasteiger charge is -2.26. The summed E-state index contributed by atoms with van der Waals surface area (Å²) in [7, 11) is 0. The molecule has 1 amide bonds. The third-order valence-electron chi connectivity index (χ3n) is 4.02. The minimum absolute atomic E-state index is 0.141. The Morgan fingerprint density at radius 3 is 3.04 bits per heavy atom. The fourth-order valence-corrected chi connectivity index (χ4v) is 3.58. The number of ether oxygens (including phenoxy) is 1. The van der Waals surface area contributed by atoms with E-state index >= 15 is 0 Å². The number of fused-ring (bicyclic) bond motifs is 1. The maximum atomic E-state index is 12.5. The highest BCUT2D eigenvalue weighted by Crippen LogP contribution is 2.31. The van der Waals surface area contributed by atoms with Crippen molar-refractivity contribution >= 4 is 17.2 Å². The van der Waals surface area contributed by atoms with Crippen molar-refractivity contribution < 1.29 is 14.1 Å². The average molecular weight is 357 g/mol. The summed E-state index contributed by atoms with van der Waals surface area (Å²) < 4.78 is 11.6. The highest BCUT2D eigenvalue weighted by atomic mass is 32.1.